The van der Waals surface area contributed by atoms with Crippen LogP contribution in [0.3, 0.4) is 0 Å². The van der Waals surface area contributed by atoms with Crippen molar-refractivity contribution in [2.24, 2.45) is 7.05 Å². The summed E-state index contributed by atoms with van der Waals surface area (Å²) in [5.41, 5.74) is 3.23. The van der Waals surface area contributed by atoms with Gasteiger partial charge in [0.2, 0.25) is 5.88 Å². The first-order chi connectivity index (χ1) is 13.1. The molecule has 4 heterocycles. The molecule has 134 valence electrons. The lowest BCUT2D eigenvalue weighted by Crippen LogP contribution is -1.99. The molecule has 8 nitrogen and oxygen atoms in total. The standard InChI is InChI=1S/C19H16N6O2/c1-10-16(11(2)27-24-10)17-22-18-14(9-21-25(18)3)19(23-17)26-13-4-5-15-12(8-13)6-7-20-15/h4-9,20H,1-3H3. The van der Waals surface area contributed by atoms with Crippen molar-refractivity contribution in [3.05, 3.63) is 48.1 Å². The number of H-pyrrole nitrogens is 1. The minimum Gasteiger partial charge on any atom is -0.438 e. The van der Waals surface area contributed by atoms with Gasteiger partial charge >= 0.3 is 0 Å². The minimum atomic E-state index is 0.443. The molecule has 1 aromatic carbocycles. The van der Waals surface area contributed by atoms with Gasteiger partial charge in [-0.15, -0.1) is 0 Å². The average molecular weight is 360 g/mol. The number of benzene rings is 1. The van der Waals surface area contributed by atoms with Crippen molar-refractivity contribution in [1.29, 1.82) is 0 Å². The van der Waals surface area contributed by atoms with Crippen LogP contribution in [0.2, 0.25) is 0 Å². The van der Waals surface area contributed by atoms with E-state index in [1.54, 1.807) is 10.9 Å². The van der Waals surface area contributed by atoms with Crippen LogP contribution in [-0.2, 0) is 7.05 Å². The zero-order chi connectivity index (χ0) is 18.5. The highest BCUT2D eigenvalue weighted by molar-refractivity contribution is 5.84. The van der Waals surface area contributed by atoms with E-state index in [1.165, 1.54) is 0 Å². The van der Waals surface area contributed by atoms with E-state index < -0.39 is 0 Å². The average Bonchev–Trinajstić information content (AvgIpc) is 3.35. The smallest absolute Gasteiger partial charge is 0.234 e. The molecule has 0 amide bonds. The third kappa shape index (κ3) is 2.45. The normalized spacial score (nSPS) is 11.5. The molecule has 8 heteroatoms. The zero-order valence-corrected chi connectivity index (χ0v) is 15.0. The topological polar surface area (TPSA) is 94.7 Å². The Balaban J connectivity index is 1.68. The molecular weight excluding hydrogens is 344 g/mol. The number of aryl methyl sites for hydroxylation is 3. The number of fused-ring (bicyclic) bond motifs is 2. The van der Waals surface area contributed by atoms with Gasteiger partial charge in [0.25, 0.3) is 0 Å². The Hall–Kier alpha value is -3.68. The number of rotatable bonds is 3. The highest BCUT2D eigenvalue weighted by Crippen LogP contribution is 2.32. The number of nitrogens with one attached hydrogen (secondary N) is 1. The molecule has 0 aliphatic carbocycles. The van der Waals surface area contributed by atoms with Crippen LogP contribution in [0.5, 0.6) is 11.6 Å². The molecule has 0 saturated heterocycles. The van der Waals surface area contributed by atoms with Crippen molar-refractivity contribution >= 4 is 21.9 Å². The second kappa shape index (κ2) is 5.66. The lowest BCUT2D eigenvalue weighted by molar-refractivity contribution is 0.393. The van der Waals surface area contributed by atoms with Crippen LogP contribution in [0.15, 0.2) is 41.2 Å². The fourth-order valence-corrected chi connectivity index (χ4v) is 3.19. The molecule has 0 saturated carbocycles. The summed E-state index contributed by atoms with van der Waals surface area (Å²) in [4.78, 5) is 12.5. The van der Waals surface area contributed by atoms with Gasteiger partial charge in [0.05, 0.1) is 17.5 Å². The third-order valence-electron chi connectivity index (χ3n) is 4.55. The molecule has 1 N–H and O–H groups in total. The van der Waals surface area contributed by atoms with E-state index in [9.17, 15) is 0 Å². The van der Waals surface area contributed by atoms with Crippen LogP contribution in [0.25, 0.3) is 33.3 Å². The third-order valence-corrected chi connectivity index (χ3v) is 4.55. The second-order valence-electron chi connectivity index (χ2n) is 6.39. The number of aromatic nitrogens is 6. The molecule has 0 aliphatic rings. The highest BCUT2D eigenvalue weighted by atomic mass is 16.5. The van der Waals surface area contributed by atoms with Crippen LogP contribution >= 0.6 is 0 Å². The molecule has 0 unspecified atom stereocenters. The summed E-state index contributed by atoms with van der Waals surface area (Å²) < 4.78 is 13.1. The molecule has 4 aromatic heterocycles. The van der Waals surface area contributed by atoms with Crippen molar-refractivity contribution in [3.8, 4) is 23.0 Å². The molecule has 0 radical (unpaired) electrons. The van der Waals surface area contributed by atoms with Gasteiger partial charge in [0.15, 0.2) is 11.5 Å². The molecule has 0 spiro atoms. The van der Waals surface area contributed by atoms with E-state index >= 15 is 0 Å². The Labute approximate surface area is 153 Å². The first-order valence-corrected chi connectivity index (χ1v) is 8.48. The molecule has 0 aliphatic heterocycles. The van der Waals surface area contributed by atoms with Gasteiger partial charge in [-0.3, -0.25) is 4.68 Å². The van der Waals surface area contributed by atoms with Gasteiger partial charge in [0, 0.05) is 24.1 Å². The Morgan fingerprint density at radius 2 is 2.04 bits per heavy atom. The van der Waals surface area contributed by atoms with Gasteiger partial charge < -0.3 is 14.2 Å². The fourth-order valence-electron chi connectivity index (χ4n) is 3.19. The molecule has 0 atom stereocenters. The Bertz CT molecular complexity index is 1280. The second-order valence-corrected chi connectivity index (χ2v) is 6.39. The predicted molar refractivity (Wildman–Crippen MR) is 99.6 cm³/mol. The Morgan fingerprint density at radius 3 is 2.85 bits per heavy atom. The highest BCUT2D eigenvalue weighted by Gasteiger charge is 2.20. The quantitative estimate of drug-likeness (QED) is 0.524. The van der Waals surface area contributed by atoms with Crippen LogP contribution < -0.4 is 4.74 Å². The lowest BCUT2D eigenvalue weighted by atomic mass is 10.2. The van der Waals surface area contributed by atoms with Crippen molar-refractivity contribution in [2.45, 2.75) is 13.8 Å². The molecular formula is C19H16N6O2. The molecule has 0 fully saturated rings. The Kier molecular flexibility index (Phi) is 3.27. The number of nitrogens with zero attached hydrogens (tertiary/aromatic N) is 5. The summed E-state index contributed by atoms with van der Waals surface area (Å²) >= 11 is 0. The maximum Gasteiger partial charge on any atom is 0.234 e. The zero-order valence-electron chi connectivity index (χ0n) is 15.0. The van der Waals surface area contributed by atoms with Crippen LogP contribution in [0.4, 0.5) is 0 Å². The van der Waals surface area contributed by atoms with Crippen molar-refractivity contribution < 1.29 is 9.26 Å². The fraction of sp³-hybridized carbons (Fsp3) is 0.158. The SMILES string of the molecule is Cc1noc(C)c1-c1nc(Oc2ccc3[nH]ccc3c2)c2cnn(C)c2n1. The van der Waals surface area contributed by atoms with Gasteiger partial charge in [0.1, 0.15) is 16.9 Å². The van der Waals surface area contributed by atoms with E-state index in [0.29, 0.717) is 28.9 Å². The molecule has 5 aromatic rings. The minimum absolute atomic E-state index is 0.443. The lowest BCUT2D eigenvalue weighted by Gasteiger charge is -2.08. The van der Waals surface area contributed by atoms with Crippen LogP contribution in [0, 0.1) is 13.8 Å². The van der Waals surface area contributed by atoms with Crippen LogP contribution in [-0.4, -0.2) is 29.9 Å². The van der Waals surface area contributed by atoms with Gasteiger partial charge in [-0.05, 0) is 38.1 Å². The van der Waals surface area contributed by atoms with Crippen molar-refractivity contribution in [3.63, 3.8) is 0 Å². The summed E-state index contributed by atoms with van der Waals surface area (Å²) in [7, 11) is 1.84. The van der Waals surface area contributed by atoms with Crippen molar-refractivity contribution in [1.82, 2.24) is 29.9 Å². The summed E-state index contributed by atoms with van der Waals surface area (Å²) in [5, 5.41) is 10.1. The van der Waals surface area contributed by atoms with Crippen molar-refractivity contribution in [2.75, 3.05) is 0 Å². The monoisotopic (exact) mass is 360 g/mol. The molecule has 5 rings (SSSR count). The maximum atomic E-state index is 6.13. The summed E-state index contributed by atoms with van der Waals surface area (Å²) in [6.45, 7) is 3.70. The largest absolute Gasteiger partial charge is 0.438 e. The van der Waals surface area contributed by atoms with E-state index in [1.807, 2.05) is 51.4 Å². The van der Waals surface area contributed by atoms with E-state index in [4.69, 9.17) is 9.26 Å². The first-order valence-electron chi connectivity index (χ1n) is 8.48. The number of hydrogen-bond acceptors (Lipinski definition) is 6. The van der Waals surface area contributed by atoms with Gasteiger partial charge in [-0.1, -0.05) is 5.16 Å². The number of aromatic amines is 1. The predicted octanol–water partition coefficient (Wildman–Crippen LogP) is 3.91. The Morgan fingerprint density at radius 1 is 1.15 bits per heavy atom. The number of hydrogen-bond donors (Lipinski definition) is 1. The summed E-state index contributed by atoms with van der Waals surface area (Å²) in [6, 6.07) is 7.84. The summed E-state index contributed by atoms with van der Waals surface area (Å²) in [6.07, 6.45) is 3.60. The number of ether oxygens (including phenoxy) is 1. The van der Waals surface area contributed by atoms with E-state index in [0.717, 1.165) is 27.5 Å². The summed E-state index contributed by atoms with van der Waals surface area (Å²) in [5.74, 6) is 2.29. The molecule has 27 heavy (non-hydrogen) atoms. The van der Waals surface area contributed by atoms with Crippen LogP contribution in [0.1, 0.15) is 11.5 Å². The van der Waals surface area contributed by atoms with Gasteiger partial charge in [-0.25, -0.2) is 4.98 Å². The van der Waals surface area contributed by atoms with E-state index in [2.05, 4.69) is 25.2 Å². The van der Waals surface area contributed by atoms with E-state index in [-0.39, 0.29) is 0 Å². The molecule has 0 bridgehead atoms. The maximum absolute atomic E-state index is 6.13. The first kappa shape index (κ1) is 15.6. The van der Waals surface area contributed by atoms with Gasteiger partial charge in [-0.2, -0.15) is 10.1 Å².